The van der Waals surface area contributed by atoms with Crippen LogP contribution in [0.4, 0.5) is 5.82 Å². The lowest BCUT2D eigenvalue weighted by molar-refractivity contribution is 0.0950. The third-order valence-corrected chi connectivity index (χ3v) is 5.33. The number of rotatable bonds is 5. The number of carbonyl (C=O) groups is 1. The van der Waals surface area contributed by atoms with Crippen LogP contribution < -0.4 is 15.5 Å². The maximum absolute atomic E-state index is 12.4. The molecule has 2 heterocycles. The van der Waals surface area contributed by atoms with Gasteiger partial charge < -0.3 is 15.5 Å². The Hall–Kier alpha value is -2.89. The molecule has 4 rings (SSSR count). The van der Waals surface area contributed by atoms with Crippen molar-refractivity contribution in [3.63, 3.8) is 0 Å². The molecule has 0 aliphatic carbocycles. The van der Waals surface area contributed by atoms with E-state index in [0.29, 0.717) is 17.1 Å². The number of anilines is 1. The van der Waals surface area contributed by atoms with E-state index in [9.17, 15) is 4.79 Å². The number of pyridine rings is 1. The van der Waals surface area contributed by atoms with Crippen molar-refractivity contribution in [2.45, 2.75) is 12.6 Å². The summed E-state index contributed by atoms with van der Waals surface area (Å²) in [4.78, 5) is 19.2. The molecule has 0 bridgehead atoms. The molecule has 1 saturated heterocycles. The average Bonchev–Trinajstić information content (AvgIpc) is 2.79. The Bertz CT molecular complexity index is 945. The minimum Gasteiger partial charge on any atom is -0.353 e. The molecule has 3 aromatic rings. The predicted molar refractivity (Wildman–Crippen MR) is 116 cm³/mol. The number of amides is 1. The highest BCUT2D eigenvalue weighted by molar-refractivity contribution is 6.30. The lowest BCUT2D eigenvalue weighted by Crippen LogP contribution is -2.46. The van der Waals surface area contributed by atoms with E-state index in [4.69, 9.17) is 11.6 Å². The van der Waals surface area contributed by atoms with Crippen molar-refractivity contribution in [1.29, 1.82) is 0 Å². The van der Waals surface area contributed by atoms with E-state index in [0.717, 1.165) is 31.0 Å². The molecule has 1 aromatic heterocycles. The highest BCUT2D eigenvalue weighted by atomic mass is 35.5. The second-order valence-corrected chi connectivity index (χ2v) is 7.51. The summed E-state index contributed by atoms with van der Waals surface area (Å²) < 4.78 is 0. The topological polar surface area (TPSA) is 57.3 Å². The first kappa shape index (κ1) is 19.4. The molecule has 1 aliphatic rings. The molecule has 1 fully saturated rings. The van der Waals surface area contributed by atoms with Crippen molar-refractivity contribution in [3.05, 3.63) is 94.6 Å². The zero-order valence-corrected chi connectivity index (χ0v) is 16.8. The van der Waals surface area contributed by atoms with Gasteiger partial charge in [0.1, 0.15) is 5.82 Å². The monoisotopic (exact) mass is 406 g/mol. The fourth-order valence-corrected chi connectivity index (χ4v) is 3.59. The smallest absolute Gasteiger partial charge is 0.253 e. The second kappa shape index (κ2) is 9.07. The van der Waals surface area contributed by atoms with E-state index in [1.807, 2.05) is 42.5 Å². The molecule has 6 heteroatoms. The van der Waals surface area contributed by atoms with E-state index >= 15 is 0 Å². The first-order valence-corrected chi connectivity index (χ1v) is 10.1. The van der Waals surface area contributed by atoms with Crippen LogP contribution in [0.1, 0.15) is 27.5 Å². The SMILES string of the molecule is O=C(NCc1ccc(Cl)cc1)c1ccc(N2CCNC(c3ccccc3)C2)nc1. The molecule has 148 valence electrons. The van der Waals surface area contributed by atoms with E-state index in [2.05, 4.69) is 44.8 Å². The Kier molecular flexibility index (Phi) is 6.08. The molecule has 1 unspecified atom stereocenters. The summed E-state index contributed by atoms with van der Waals surface area (Å²) in [6.07, 6.45) is 1.64. The van der Waals surface area contributed by atoms with Gasteiger partial charge in [0.15, 0.2) is 0 Å². The van der Waals surface area contributed by atoms with Crippen molar-refractivity contribution in [1.82, 2.24) is 15.6 Å². The molecule has 1 aliphatic heterocycles. The summed E-state index contributed by atoms with van der Waals surface area (Å²) in [5.74, 6) is 0.753. The number of hydrogen-bond acceptors (Lipinski definition) is 4. The molecule has 2 N–H and O–H groups in total. The second-order valence-electron chi connectivity index (χ2n) is 7.08. The fraction of sp³-hybridized carbons (Fsp3) is 0.217. The Labute approximate surface area is 175 Å². The molecule has 29 heavy (non-hydrogen) atoms. The van der Waals surface area contributed by atoms with Crippen LogP contribution in [0.3, 0.4) is 0 Å². The Morgan fingerprint density at radius 3 is 2.62 bits per heavy atom. The summed E-state index contributed by atoms with van der Waals surface area (Å²) >= 11 is 5.89. The van der Waals surface area contributed by atoms with Gasteiger partial charge in [-0.1, -0.05) is 54.1 Å². The predicted octanol–water partition coefficient (Wildman–Crippen LogP) is 3.82. The minimum absolute atomic E-state index is 0.138. The van der Waals surface area contributed by atoms with E-state index < -0.39 is 0 Å². The third kappa shape index (κ3) is 4.94. The van der Waals surface area contributed by atoms with Gasteiger partial charge >= 0.3 is 0 Å². The first-order chi connectivity index (χ1) is 14.2. The van der Waals surface area contributed by atoms with Crippen molar-refractivity contribution in [2.24, 2.45) is 0 Å². The number of carbonyl (C=O) groups excluding carboxylic acids is 1. The molecule has 1 amide bonds. The van der Waals surface area contributed by atoms with E-state index in [1.165, 1.54) is 5.56 Å². The molecule has 2 aromatic carbocycles. The molecule has 5 nitrogen and oxygen atoms in total. The molecule has 0 spiro atoms. The quantitative estimate of drug-likeness (QED) is 0.676. The number of nitrogens with one attached hydrogen (secondary N) is 2. The summed E-state index contributed by atoms with van der Waals surface area (Å²) in [7, 11) is 0. The van der Waals surface area contributed by atoms with Crippen LogP contribution in [0.5, 0.6) is 0 Å². The lowest BCUT2D eigenvalue weighted by Gasteiger charge is -2.34. The van der Waals surface area contributed by atoms with Crippen LogP contribution in [-0.4, -0.2) is 30.5 Å². The van der Waals surface area contributed by atoms with Crippen LogP contribution in [0.25, 0.3) is 0 Å². The van der Waals surface area contributed by atoms with Gasteiger partial charge in [0.2, 0.25) is 0 Å². The molecular formula is C23H23ClN4O. The van der Waals surface area contributed by atoms with Crippen molar-refractivity contribution < 1.29 is 4.79 Å². The Morgan fingerprint density at radius 1 is 1.10 bits per heavy atom. The number of aromatic nitrogens is 1. The number of piperazine rings is 1. The molecule has 1 atom stereocenters. The van der Waals surface area contributed by atoms with Crippen LogP contribution in [0, 0.1) is 0 Å². The number of benzene rings is 2. The lowest BCUT2D eigenvalue weighted by atomic mass is 10.0. The number of halogens is 1. The minimum atomic E-state index is -0.138. The highest BCUT2D eigenvalue weighted by Crippen LogP contribution is 2.21. The van der Waals surface area contributed by atoms with Crippen LogP contribution in [0.15, 0.2) is 72.9 Å². The maximum atomic E-state index is 12.4. The van der Waals surface area contributed by atoms with Gasteiger partial charge in [0.05, 0.1) is 5.56 Å². The van der Waals surface area contributed by atoms with E-state index in [-0.39, 0.29) is 11.9 Å². The molecule has 0 saturated carbocycles. The third-order valence-electron chi connectivity index (χ3n) is 5.08. The molecular weight excluding hydrogens is 384 g/mol. The van der Waals surface area contributed by atoms with Crippen LogP contribution >= 0.6 is 11.6 Å². The van der Waals surface area contributed by atoms with Gasteiger partial charge in [-0.25, -0.2) is 4.98 Å². The maximum Gasteiger partial charge on any atom is 0.253 e. The van der Waals surface area contributed by atoms with Gasteiger partial charge in [-0.05, 0) is 35.4 Å². The first-order valence-electron chi connectivity index (χ1n) is 9.71. The fourth-order valence-electron chi connectivity index (χ4n) is 3.46. The van der Waals surface area contributed by atoms with Gasteiger partial charge in [-0.3, -0.25) is 4.79 Å². The highest BCUT2D eigenvalue weighted by Gasteiger charge is 2.21. The van der Waals surface area contributed by atoms with Gasteiger partial charge in [-0.15, -0.1) is 0 Å². The van der Waals surface area contributed by atoms with Gasteiger partial charge in [0, 0.05) is 43.4 Å². The summed E-state index contributed by atoms with van der Waals surface area (Å²) in [6, 6.07) is 21.9. The zero-order chi connectivity index (χ0) is 20.1. The van der Waals surface area contributed by atoms with E-state index in [1.54, 1.807) is 6.20 Å². The van der Waals surface area contributed by atoms with Crippen molar-refractivity contribution >= 4 is 23.3 Å². The standard InChI is InChI=1S/C23H23ClN4O/c24-20-9-6-17(7-10-20)14-27-23(29)19-8-11-22(26-15-19)28-13-12-25-21(16-28)18-4-2-1-3-5-18/h1-11,15,21,25H,12-14,16H2,(H,27,29). The van der Waals surface area contributed by atoms with Crippen LogP contribution in [0.2, 0.25) is 5.02 Å². The Balaban J connectivity index is 1.37. The summed E-state index contributed by atoms with van der Waals surface area (Å²) in [6.45, 7) is 3.08. The summed E-state index contributed by atoms with van der Waals surface area (Å²) in [5.41, 5.74) is 2.83. The average molecular weight is 407 g/mol. The largest absolute Gasteiger partial charge is 0.353 e. The normalized spacial score (nSPS) is 16.4. The van der Waals surface area contributed by atoms with Crippen molar-refractivity contribution in [3.8, 4) is 0 Å². The van der Waals surface area contributed by atoms with Crippen molar-refractivity contribution in [2.75, 3.05) is 24.5 Å². The number of hydrogen-bond donors (Lipinski definition) is 2. The zero-order valence-electron chi connectivity index (χ0n) is 16.0. The summed E-state index contributed by atoms with van der Waals surface area (Å²) in [5, 5.41) is 7.16. The molecule has 0 radical (unpaired) electrons. The van der Waals surface area contributed by atoms with Gasteiger partial charge in [0.25, 0.3) is 5.91 Å². The Morgan fingerprint density at radius 2 is 1.90 bits per heavy atom. The van der Waals surface area contributed by atoms with Crippen LogP contribution in [-0.2, 0) is 6.54 Å². The van der Waals surface area contributed by atoms with Gasteiger partial charge in [-0.2, -0.15) is 0 Å². The number of nitrogens with zero attached hydrogens (tertiary/aromatic N) is 2.